The highest BCUT2D eigenvalue weighted by Gasteiger charge is 2.16. The van der Waals surface area contributed by atoms with Crippen LogP contribution in [0.25, 0.3) is 0 Å². The number of hydrogen-bond acceptors (Lipinski definition) is 7. The molecule has 1 aromatic rings. The van der Waals surface area contributed by atoms with Crippen LogP contribution in [-0.2, 0) is 14.3 Å². The van der Waals surface area contributed by atoms with Gasteiger partial charge in [-0.05, 0) is 24.6 Å². The van der Waals surface area contributed by atoms with E-state index in [0.29, 0.717) is 18.0 Å². The van der Waals surface area contributed by atoms with Crippen molar-refractivity contribution in [2.45, 2.75) is 19.3 Å². The molecule has 8 nitrogen and oxygen atoms in total. The molecule has 0 aromatic heterocycles. The van der Waals surface area contributed by atoms with Crippen molar-refractivity contribution in [3.63, 3.8) is 0 Å². The maximum Gasteiger partial charge on any atom is 0.263 e. The Balaban J connectivity index is 2.76. The summed E-state index contributed by atoms with van der Waals surface area (Å²) < 4.78 is 20.5. The lowest BCUT2D eigenvalue weighted by atomic mass is 10.1. The first kappa shape index (κ1) is 21.3. The summed E-state index contributed by atoms with van der Waals surface area (Å²) in [4.78, 5) is 12.3. The quantitative estimate of drug-likeness (QED) is 0.369. The van der Waals surface area contributed by atoms with Crippen molar-refractivity contribution in [1.82, 2.24) is 10.6 Å². The van der Waals surface area contributed by atoms with Gasteiger partial charge in [0, 0.05) is 20.4 Å². The summed E-state index contributed by atoms with van der Waals surface area (Å²) in [5, 5.41) is 14.8. The minimum Gasteiger partial charge on any atom is -0.493 e. The molecule has 1 aromatic carbocycles. The highest BCUT2D eigenvalue weighted by molar-refractivity contribution is 5.97. The number of ether oxygens (including phenoxy) is 4. The SMILES string of the molecule is COc1ccc(C(C)NC(=O)/C(C#N)=C\NCC(OC)OC)cc1OC. The van der Waals surface area contributed by atoms with Gasteiger partial charge in [0.15, 0.2) is 17.8 Å². The molecule has 1 rings (SSSR count). The van der Waals surface area contributed by atoms with E-state index in [0.717, 1.165) is 5.56 Å². The fourth-order valence-corrected chi connectivity index (χ4v) is 2.15. The number of methoxy groups -OCH3 is 4. The van der Waals surface area contributed by atoms with Crippen molar-refractivity contribution in [1.29, 1.82) is 5.26 Å². The summed E-state index contributed by atoms with van der Waals surface area (Å²) in [6, 6.07) is 6.90. The first-order chi connectivity index (χ1) is 12.5. The number of nitriles is 1. The second-order valence-electron chi connectivity index (χ2n) is 5.29. The van der Waals surface area contributed by atoms with Crippen LogP contribution in [0.3, 0.4) is 0 Å². The highest BCUT2D eigenvalue weighted by Crippen LogP contribution is 2.29. The van der Waals surface area contributed by atoms with Crippen molar-refractivity contribution in [2.24, 2.45) is 0 Å². The second-order valence-corrected chi connectivity index (χ2v) is 5.29. The number of benzene rings is 1. The maximum atomic E-state index is 12.3. The molecule has 1 atom stereocenters. The molecule has 0 saturated carbocycles. The maximum absolute atomic E-state index is 12.3. The Kier molecular flexibility index (Phi) is 8.98. The largest absolute Gasteiger partial charge is 0.493 e. The van der Waals surface area contributed by atoms with Gasteiger partial charge in [-0.1, -0.05) is 6.07 Å². The molecule has 0 radical (unpaired) electrons. The summed E-state index contributed by atoms with van der Waals surface area (Å²) in [6.07, 6.45) is 0.863. The zero-order valence-corrected chi connectivity index (χ0v) is 15.7. The average Bonchev–Trinajstić information content (AvgIpc) is 2.67. The smallest absolute Gasteiger partial charge is 0.263 e. The van der Waals surface area contributed by atoms with Gasteiger partial charge in [0.05, 0.1) is 26.8 Å². The Morgan fingerprint density at radius 3 is 2.38 bits per heavy atom. The van der Waals surface area contributed by atoms with E-state index in [4.69, 9.17) is 18.9 Å². The van der Waals surface area contributed by atoms with Crippen LogP contribution in [0.1, 0.15) is 18.5 Å². The van der Waals surface area contributed by atoms with E-state index in [-0.39, 0.29) is 11.6 Å². The Hall–Kier alpha value is -2.76. The molecule has 1 unspecified atom stereocenters. The van der Waals surface area contributed by atoms with Gasteiger partial charge < -0.3 is 29.6 Å². The minimum absolute atomic E-state index is 0.0525. The molecule has 2 N–H and O–H groups in total. The molecule has 1 amide bonds. The topological polar surface area (TPSA) is 102 Å². The van der Waals surface area contributed by atoms with E-state index in [1.165, 1.54) is 20.4 Å². The van der Waals surface area contributed by atoms with Gasteiger partial charge in [0.1, 0.15) is 11.6 Å². The Labute approximate surface area is 153 Å². The number of rotatable bonds is 10. The third-order valence-electron chi connectivity index (χ3n) is 3.68. The molecular weight excluding hydrogens is 338 g/mol. The van der Waals surface area contributed by atoms with E-state index < -0.39 is 12.2 Å². The minimum atomic E-state index is -0.492. The Morgan fingerprint density at radius 2 is 1.85 bits per heavy atom. The van der Waals surface area contributed by atoms with Crippen molar-refractivity contribution in [2.75, 3.05) is 35.0 Å². The van der Waals surface area contributed by atoms with Crippen LogP contribution >= 0.6 is 0 Å². The molecule has 0 aliphatic rings. The van der Waals surface area contributed by atoms with Gasteiger partial charge in [-0.2, -0.15) is 5.26 Å². The number of amides is 1. The van der Waals surface area contributed by atoms with E-state index in [2.05, 4.69) is 10.6 Å². The van der Waals surface area contributed by atoms with Crippen molar-refractivity contribution < 1.29 is 23.7 Å². The summed E-state index contributed by atoms with van der Waals surface area (Å²) in [5.74, 6) is 0.671. The molecule has 0 spiro atoms. The molecule has 26 heavy (non-hydrogen) atoms. The van der Waals surface area contributed by atoms with E-state index in [1.807, 2.05) is 19.1 Å². The fraction of sp³-hybridized carbons (Fsp3) is 0.444. The van der Waals surface area contributed by atoms with Gasteiger partial charge in [0.25, 0.3) is 5.91 Å². The average molecular weight is 363 g/mol. The van der Waals surface area contributed by atoms with Gasteiger partial charge in [-0.25, -0.2) is 0 Å². The molecular formula is C18H25N3O5. The summed E-state index contributed by atoms with van der Waals surface area (Å²) in [6.45, 7) is 2.12. The fourth-order valence-electron chi connectivity index (χ4n) is 2.15. The molecule has 0 heterocycles. The van der Waals surface area contributed by atoms with E-state index in [9.17, 15) is 10.1 Å². The first-order valence-corrected chi connectivity index (χ1v) is 7.92. The van der Waals surface area contributed by atoms with Crippen LogP contribution < -0.4 is 20.1 Å². The van der Waals surface area contributed by atoms with Gasteiger partial charge >= 0.3 is 0 Å². The predicted octanol–water partition coefficient (Wildman–Crippen LogP) is 1.50. The van der Waals surface area contributed by atoms with Crippen LogP contribution in [0, 0.1) is 11.3 Å². The van der Waals surface area contributed by atoms with E-state index >= 15 is 0 Å². The molecule has 0 fully saturated rings. The molecule has 0 aliphatic heterocycles. The molecule has 0 saturated heterocycles. The molecule has 8 heteroatoms. The third-order valence-corrected chi connectivity index (χ3v) is 3.68. The van der Waals surface area contributed by atoms with Crippen LogP contribution in [0.5, 0.6) is 11.5 Å². The van der Waals surface area contributed by atoms with E-state index in [1.54, 1.807) is 26.4 Å². The Bertz CT molecular complexity index is 665. The summed E-state index contributed by atoms with van der Waals surface area (Å²) in [5.41, 5.74) is 0.767. The number of nitrogens with one attached hydrogen (secondary N) is 2. The lowest BCUT2D eigenvalue weighted by Gasteiger charge is -2.16. The second kappa shape index (κ2) is 11.0. The zero-order chi connectivity index (χ0) is 19.5. The Morgan fingerprint density at radius 1 is 1.19 bits per heavy atom. The number of nitrogens with zero attached hydrogens (tertiary/aromatic N) is 1. The van der Waals surface area contributed by atoms with Crippen molar-refractivity contribution in [3.05, 3.63) is 35.5 Å². The van der Waals surface area contributed by atoms with Crippen LogP contribution in [0.15, 0.2) is 30.0 Å². The first-order valence-electron chi connectivity index (χ1n) is 7.92. The summed E-state index contributed by atoms with van der Waals surface area (Å²) in [7, 11) is 6.10. The number of hydrogen-bond donors (Lipinski definition) is 2. The van der Waals surface area contributed by atoms with Gasteiger partial charge in [0.2, 0.25) is 0 Å². The van der Waals surface area contributed by atoms with Crippen molar-refractivity contribution in [3.8, 4) is 17.6 Å². The third kappa shape index (κ3) is 5.95. The van der Waals surface area contributed by atoms with Gasteiger partial charge in [-0.3, -0.25) is 4.79 Å². The number of carbonyl (C=O) groups is 1. The van der Waals surface area contributed by atoms with Gasteiger partial charge in [-0.15, -0.1) is 0 Å². The standard InChI is InChI=1S/C18H25N3O5/c1-12(13-6-7-15(23-2)16(8-13)24-3)21-18(22)14(9-19)10-20-11-17(25-4)26-5/h6-8,10,12,17,20H,11H2,1-5H3,(H,21,22)/b14-10-. The lowest BCUT2D eigenvalue weighted by molar-refractivity contribution is -0.117. The highest BCUT2D eigenvalue weighted by atomic mass is 16.7. The predicted molar refractivity (Wildman–Crippen MR) is 95.6 cm³/mol. The molecule has 0 aliphatic carbocycles. The monoisotopic (exact) mass is 363 g/mol. The normalized spacial score (nSPS) is 12.3. The van der Waals surface area contributed by atoms with Crippen molar-refractivity contribution >= 4 is 5.91 Å². The van der Waals surface area contributed by atoms with Crippen LogP contribution in [0.2, 0.25) is 0 Å². The lowest BCUT2D eigenvalue weighted by Crippen LogP contribution is -2.30. The molecule has 0 bridgehead atoms. The van der Waals surface area contributed by atoms with Crippen LogP contribution in [-0.4, -0.2) is 47.2 Å². The van der Waals surface area contributed by atoms with Crippen LogP contribution in [0.4, 0.5) is 0 Å². The number of carbonyl (C=O) groups excluding carboxylic acids is 1. The molecule has 142 valence electrons. The summed E-state index contributed by atoms with van der Waals surface area (Å²) >= 11 is 0. The zero-order valence-electron chi connectivity index (χ0n) is 15.7.